The first kappa shape index (κ1) is 8.53. The fourth-order valence-corrected chi connectivity index (χ4v) is 1.16. The minimum atomic E-state index is -0.281. The molecule has 1 heterocycles. The predicted octanol–water partition coefficient (Wildman–Crippen LogP) is 0.547. The Morgan fingerprint density at radius 1 is 1.55 bits per heavy atom. The van der Waals surface area contributed by atoms with Gasteiger partial charge in [0.25, 0.3) is 0 Å². The molecule has 64 valence electrons. The maximum absolute atomic E-state index is 11.2. The van der Waals surface area contributed by atoms with Gasteiger partial charge in [-0.15, -0.1) is 0 Å². The third-order valence-electron chi connectivity index (χ3n) is 1.71. The molecule has 3 heteroatoms. The van der Waals surface area contributed by atoms with Gasteiger partial charge in [-0.05, 0) is 5.41 Å². The average molecular weight is 157 g/mol. The zero-order chi connectivity index (χ0) is 8.48. The number of rotatable bonds is 0. The lowest BCUT2D eigenvalue weighted by atomic mass is 9.88. The van der Waals surface area contributed by atoms with Crippen molar-refractivity contribution in [2.75, 3.05) is 13.2 Å². The summed E-state index contributed by atoms with van der Waals surface area (Å²) in [7, 11) is 0. The highest BCUT2D eigenvalue weighted by molar-refractivity contribution is 5.82. The Labute approximate surface area is 67.1 Å². The molecule has 3 nitrogen and oxygen atoms in total. The molecule has 0 aliphatic carbocycles. The summed E-state index contributed by atoms with van der Waals surface area (Å²) in [5.41, 5.74) is -0.0928. The van der Waals surface area contributed by atoms with E-state index in [0.29, 0.717) is 13.2 Å². The van der Waals surface area contributed by atoms with Gasteiger partial charge in [0.05, 0.1) is 6.61 Å². The van der Waals surface area contributed by atoms with Crippen molar-refractivity contribution in [1.29, 1.82) is 0 Å². The van der Waals surface area contributed by atoms with Crippen LogP contribution < -0.4 is 5.32 Å². The van der Waals surface area contributed by atoms with Gasteiger partial charge in [0, 0.05) is 6.54 Å². The van der Waals surface area contributed by atoms with E-state index in [9.17, 15) is 4.79 Å². The van der Waals surface area contributed by atoms with Gasteiger partial charge in [0.1, 0.15) is 6.10 Å². The number of ether oxygens (including phenoxy) is 1. The number of carbonyl (C=O) groups is 1. The van der Waals surface area contributed by atoms with Crippen molar-refractivity contribution in [2.45, 2.75) is 26.9 Å². The molecule has 0 saturated carbocycles. The lowest BCUT2D eigenvalue weighted by Crippen LogP contribution is -2.50. The summed E-state index contributed by atoms with van der Waals surface area (Å²) in [6.45, 7) is 7.28. The van der Waals surface area contributed by atoms with Gasteiger partial charge in [-0.3, -0.25) is 4.79 Å². The first-order valence-electron chi connectivity index (χ1n) is 3.91. The summed E-state index contributed by atoms with van der Waals surface area (Å²) in [5, 5.41) is 2.77. The maximum Gasteiger partial charge on any atom is 0.249 e. The quantitative estimate of drug-likeness (QED) is 0.557. The number of morpholine rings is 1. The lowest BCUT2D eigenvalue weighted by molar-refractivity contribution is -0.145. The fourth-order valence-electron chi connectivity index (χ4n) is 1.16. The van der Waals surface area contributed by atoms with Crippen molar-refractivity contribution in [3.63, 3.8) is 0 Å². The van der Waals surface area contributed by atoms with Crippen molar-refractivity contribution in [2.24, 2.45) is 5.41 Å². The molecule has 11 heavy (non-hydrogen) atoms. The number of amides is 1. The molecule has 1 rings (SSSR count). The van der Waals surface area contributed by atoms with Gasteiger partial charge in [-0.25, -0.2) is 0 Å². The summed E-state index contributed by atoms with van der Waals surface area (Å²) >= 11 is 0. The standard InChI is InChI=1S/C8H15NO2/c1-8(2,3)6-7(10)9-4-5-11-6/h6H,4-5H2,1-3H3,(H,9,10)/t6-/m1/s1. The Bertz CT molecular complexity index is 160. The molecule has 1 saturated heterocycles. The summed E-state index contributed by atoms with van der Waals surface area (Å²) in [5.74, 6) is 0.0174. The monoisotopic (exact) mass is 157 g/mol. The molecule has 1 atom stereocenters. The highest BCUT2D eigenvalue weighted by atomic mass is 16.5. The molecule has 0 aromatic heterocycles. The number of carbonyl (C=O) groups excluding carboxylic acids is 1. The Balaban J connectivity index is 2.62. The first-order chi connectivity index (χ1) is 5.02. The van der Waals surface area contributed by atoms with E-state index >= 15 is 0 Å². The van der Waals surface area contributed by atoms with Crippen LogP contribution in [0.15, 0.2) is 0 Å². The molecule has 1 N–H and O–H groups in total. The Morgan fingerprint density at radius 3 is 2.55 bits per heavy atom. The van der Waals surface area contributed by atoms with E-state index in [0.717, 1.165) is 0 Å². The summed E-state index contributed by atoms with van der Waals surface area (Å²) in [4.78, 5) is 11.2. The molecule has 0 spiro atoms. The van der Waals surface area contributed by atoms with E-state index in [-0.39, 0.29) is 17.4 Å². The SMILES string of the molecule is CC(C)(C)[C@@H]1OCCNC1=O. The van der Waals surface area contributed by atoms with Gasteiger partial charge < -0.3 is 10.1 Å². The number of hydrogen-bond donors (Lipinski definition) is 1. The van der Waals surface area contributed by atoms with Crippen LogP contribution in [0, 0.1) is 5.41 Å². The van der Waals surface area contributed by atoms with Gasteiger partial charge in [-0.1, -0.05) is 20.8 Å². The van der Waals surface area contributed by atoms with Crippen LogP contribution in [0.2, 0.25) is 0 Å². The molecule has 1 aliphatic rings. The summed E-state index contributed by atoms with van der Waals surface area (Å²) in [6, 6.07) is 0. The maximum atomic E-state index is 11.2. The smallest absolute Gasteiger partial charge is 0.249 e. The van der Waals surface area contributed by atoms with Crippen LogP contribution in [0.4, 0.5) is 0 Å². The molecule has 0 aromatic rings. The van der Waals surface area contributed by atoms with Gasteiger partial charge in [0.15, 0.2) is 0 Å². The number of nitrogens with one attached hydrogen (secondary N) is 1. The minimum Gasteiger partial charge on any atom is -0.366 e. The van der Waals surface area contributed by atoms with Crippen molar-refractivity contribution in [1.82, 2.24) is 5.32 Å². The Morgan fingerprint density at radius 2 is 2.18 bits per heavy atom. The summed E-state index contributed by atoms with van der Waals surface area (Å²) < 4.78 is 5.34. The van der Waals surface area contributed by atoms with Crippen molar-refractivity contribution >= 4 is 5.91 Å². The van der Waals surface area contributed by atoms with Gasteiger partial charge >= 0.3 is 0 Å². The molecule has 0 bridgehead atoms. The molecule has 0 radical (unpaired) electrons. The van der Waals surface area contributed by atoms with Crippen LogP contribution in [0.3, 0.4) is 0 Å². The second kappa shape index (κ2) is 2.81. The van der Waals surface area contributed by atoms with Gasteiger partial charge in [-0.2, -0.15) is 0 Å². The molecule has 0 aromatic carbocycles. The van der Waals surface area contributed by atoms with Crippen LogP contribution in [0.25, 0.3) is 0 Å². The van der Waals surface area contributed by atoms with Crippen molar-refractivity contribution in [3.8, 4) is 0 Å². The zero-order valence-corrected chi connectivity index (χ0v) is 7.31. The lowest BCUT2D eigenvalue weighted by Gasteiger charge is -2.32. The molecule has 1 fully saturated rings. The van der Waals surface area contributed by atoms with E-state index < -0.39 is 0 Å². The molecular formula is C8H15NO2. The van der Waals surface area contributed by atoms with Crippen LogP contribution in [0.1, 0.15) is 20.8 Å². The highest BCUT2D eigenvalue weighted by Crippen LogP contribution is 2.23. The van der Waals surface area contributed by atoms with E-state index in [1.807, 2.05) is 20.8 Å². The highest BCUT2D eigenvalue weighted by Gasteiger charge is 2.33. The Kier molecular flexibility index (Phi) is 2.18. The van der Waals surface area contributed by atoms with E-state index in [2.05, 4.69) is 5.32 Å². The van der Waals surface area contributed by atoms with E-state index in [1.165, 1.54) is 0 Å². The molecular weight excluding hydrogens is 142 g/mol. The van der Waals surface area contributed by atoms with Crippen LogP contribution in [-0.4, -0.2) is 25.2 Å². The first-order valence-corrected chi connectivity index (χ1v) is 3.91. The van der Waals surface area contributed by atoms with Crippen molar-refractivity contribution < 1.29 is 9.53 Å². The molecule has 1 aliphatic heterocycles. The van der Waals surface area contributed by atoms with Gasteiger partial charge in [0.2, 0.25) is 5.91 Å². The third-order valence-corrected chi connectivity index (χ3v) is 1.71. The largest absolute Gasteiger partial charge is 0.366 e. The zero-order valence-electron chi connectivity index (χ0n) is 7.31. The minimum absolute atomic E-state index is 0.0174. The Hall–Kier alpha value is -0.570. The topological polar surface area (TPSA) is 38.3 Å². The average Bonchev–Trinajstić information content (AvgIpc) is 1.86. The van der Waals surface area contributed by atoms with E-state index in [1.54, 1.807) is 0 Å². The molecule has 0 unspecified atom stereocenters. The van der Waals surface area contributed by atoms with Crippen LogP contribution in [-0.2, 0) is 9.53 Å². The second-order valence-corrected chi connectivity index (χ2v) is 3.91. The fraction of sp³-hybridized carbons (Fsp3) is 0.875. The number of hydrogen-bond acceptors (Lipinski definition) is 2. The normalized spacial score (nSPS) is 26.5. The second-order valence-electron chi connectivity index (χ2n) is 3.91. The van der Waals surface area contributed by atoms with Crippen LogP contribution >= 0.6 is 0 Å². The predicted molar refractivity (Wildman–Crippen MR) is 42.2 cm³/mol. The summed E-state index contributed by atoms with van der Waals surface area (Å²) in [6.07, 6.45) is -0.281. The molecule has 1 amide bonds. The van der Waals surface area contributed by atoms with Crippen molar-refractivity contribution in [3.05, 3.63) is 0 Å². The third kappa shape index (κ3) is 1.93. The van der Waals surface area contributed by atoms with Crippen LogP contribution in [0.5, 0.6) is 0 Å². The van der Waals surface area contributed by atoms with E-state index in [4.69, 9.17) is 4.74 Å².